The number of nitrogens with one attached hydrogen (secondary N) is 2. The lowest BCUT2D eigenvalue weighted by molar-refractivity contribution is 0.344. The summed E-state index contributed by atoms with van der Waals surface area (Å²) in [4.78, 5) is 4.85. The minimum atomic E-state index is -4.27. The molecule has 6 N–H and O–H groups in total. The number of rotatable bonds is 10. The molecule has 0 radical (unpaired) electrons. The van der Waals surface area contributed by atoms with Crippen LogP contribution in [0.15, 0.2) is 43.5 Å². The molecular formula is C18H27ClN6O5S3. The van der Waals surface area contributed by atoms with Crippen LogP contribution in [0.4, 0.5) is 5.69 Å². The van der Waals surface area contributed by atoms with E-state index in [1.807, 2.05) is 31.1 Å². The molecule has 0 aliphatic heterocycles. The summed E-state index contributed by atoms with van der Waals surface area (Å²) in [6.07, 6.45) is 0. The monoisotopic (exact) mass is 538 g/mol. The second-order valence-electron chi connectivity index (χ2n) is 7.13. The maximum absolute atomic E-state index is 12.8. The molecule has 0 bridgehead atoms. The molecule has 0 saturated heterocycles. The summed E-state index contributed by atoms with van der Waals surface area (Å²) in [5.74, 6) is 3.01. The molecule has 0 aliphatic carbocycles. The summed E-state index contributed by atoms with van der Waals surface area (Å²) in [5, 5.41) is 7.71. The molecule has 33 heavy (non-hydrogen) atoms. The molecule has 11 nitrogen and oxygen atoms in total. The Labute approximate surface area is 203 Å². The topological polar surface area (TPSA) is 173 Å². The fourth-order valence-electron chi connectivity index (χ4n) is 2.66. The molecule has 1 heterocycles. The van der Waals surface area contributed by atoms with Gasteiger partial charge in [-0.05, 0) is 38.4 Å². The van der Waals surface area contributed by atoms with Gasteiger partial charge in [0.05, 0.1) is 23.0 Å². The van der Waals surface area contributed by atoms with E-state index in [1.54, 1.807) is 11.8 Å². The van der Waals surface area contributed by atoms with E-state index in [4.69, 9.17) is 26.9 Å². The highest BCUT2D eigenvalue weighted by atomic mass is 35.5. The zero-order valence-electron chi connectivity index (χ0n) is 18.3. The SMILES string of the molecule is CN=C(NCCSCc1ccc(CN(C)C)o1)NS(=O)(=O)c1cc(S(N)(=O)=O)c(N)cc1Cl. The zero-order chi connectivity index (χ0) is 24.8. The van der Waals surface area contributed by atoms with Crippen LogP contribution in [0, 0.1) is 0 Å². The van der Waals surface area contributed by atoms with Gasteiger partial charge in [-0.2, -0.15) is 11.8 Å². The average Bonchev–Trinajstić information content (AvgIpc) is 3.11. The van der Waals surface area contributed by atoms with E-state index >= 15 is 0 Å². The van der Waals surface area contributed by atoms with Gasteiger partial charge in [0.15, 0.2) is 0 Å². The Hall–Kier alpha value is -1.97. The fourth-order valence-corrected chi connectivity index (χ4v) is 5.74. The molecule has 2 rings (SSSR count). The predicted molar refractivity (Wildman–Crippen MR) is 131 cm³/mol. The van der Waals surface area contributed by atoms with Gasteiger partial charge < -0.3 is 20.4 Å². The van der Waals surface area contributed by atoms with Crippen LogP contribution in [-0.2, 0) is 32.3 Å². The van der Waals surface area contributed by atoms with Crippen molar-refractivity contribution < 1.29 is 21.3 Å². The second-order valence-corrected chi connectivity index (χ2v) is 11.8. The standard InChI is InChI=1S/C18H27ClN6O5S3/c1-22-18(23-6-7-31-11-13-5-4-12(30-13)10-25(2)3)24-33(28,29)16-9-17(32(21,26)27)15(20)8-14(16)19/h4-5,8-9H,6-7,10-11,20H2,1-3H3,(H2,21,26,27)(H2,22,23,24). The van der Waals surface area contributed by atoms with Crippen LogP contribution in [0.1, 0.15) is 11.5 Å². The number of guanidine groups is 1. The number of anilines is 1. The van der Waals surface area contributed by atoms with Crippen LogP contribution in [-0.4, -0.2) is 61.1 Å². The normalized spacial score (nSPS) is 12.8. The molecule has 0 saturated carbocycles. The number of thioether (sulfide) groups is 1. The number of nitrogens with two attached hydrogens (primary N) is 2. The minimum absolute atomic E-state index is 0.0353. The van der Waals surface area contributed by atoms with Crippen molar-refractivity contribution in [3.63, 3.8) is 0 Å². The molecule has 1 aromatic heterocycles. The van der Waals surface area contributed by atoms with Gasteiger partial charge in [-0.15, -0.1) is 0 Å². The van der Waals surface area contributed by atoms with E-state index < -0.39 is 29.8 Å². The van der Waals surface area contributed by atoms with Crippen molar-refractivity contribution in [1.29, 1.82) is 0 Å². The predicted octanol–water partition coefficient (Wildman–Crippen LogP) is 1.01. The first-order valence-electron chi connectivity index (χ1n) is 9.49. The molecule has 0 spiro atoms. The molecule has 184 valence electrons. The van der Waals surface area contributed by atoms with Crippen LogP contribution in [0.3, 0.4) is 0 Å². The summed E-state index contributed by atoms with van der Waals surface area (Å²) < 4.78 is 56.8. The fraction of sp³-hybridized carbons (Fsp3) is 0.389. The lowest BCUT2D eigenvalue weighted by Gasteiger charge is -2.14. The highest BCUT2D eigenvalue weighted by Crippen LogP contribution is 2.29. The second kappa shape index (κ2) is 11.4. The van der Waals surface area contributed by atoms with Crippen molar-refractivity contribution in [2.24, 2.45) is 10.1 Å². The third-order valence-corrected chi connectivity index (χ3v) is 7.84. The average molecular weight is 539 g/mol. The van der Waals surface area contributed by atoms with Gasteiger partial charge in [-0.3, -0.25) is 4.99 Å². The first kappa shape index (κ1) is 27.3. The summed E-state index contributed by atoms with van der Waals surface area (Å²) in [6, 6.07) is 5.70. The van der Waals surface area contributed by atoms with Gasteiger partial charge in [0.25, 0.3) is 10.0 Å². The maximum atomic E-state index is 12.8. The highest BCUT2D eigenvalue weighted by Gasteiger charge is 2.24. The lowest BCUT2D eigenvalue weighted by atomic mass is 10.3. The van der Waals surface area contributed by atoms with E-state index in [-0.39, 0.29) is 16.7 Å². The Morgan fingerprint density at radius 2 is 1.85 bits per heavy atom. The van der Waals surface area contributed by atoms with E-state index in [9.17, 15) is 16.8 Å². The van der Waals surface area contributed by atoms with Crippen molar-refractivity contribution in [2.45, 2.75) is 22.1 Å². The number of nitrogen functional groups attached to an aromatic ring is 1. The van der Waals surface area contributed by atoms with Crippen molar-refractivity contribution in [2.75, 3.05) is 39.2 Å². The number of aliphatic imine (C=N–C) groups is 1. The smallest absolute Gasteiger partial charge is 0.265 e. The molecule has 15 heteroatoms. The van der Waals surface area contributed by atoms with Crippen LogP contribution >= 0.6 is 23.4 Å². The van der Waals surface area contributed by atoms with Crippen LogP contribution in [0.25, 0.3) is 0 Å². The number of halogens is 1. The van der Waals surface area contributed by atoms with Crippen molar-refractivity contribution in [3.05, 3.63) is 40.8 Å². The highest BCUT2D eigenvalue weighted by molar-refractivity contribution is 7.98. The molecule has 2 aromatic rings. The summed E-state index contributed by atoms with van der Waals surface area (Å²) in [5.41, 5.74) is 5.34. The summed E-state index contributed by atoms with van der Waals surface area (Å²) in [7, 11) is -3.20. The summed E-state index contributed by atoms with van der Waals surface area (Å²) in [6.45, 7) is 1.13. The maximum Gasteiger partial charge on any atom is 0.265 e. The van der Waals surface area contributed by atoms with E-state index in [0.717, 1.165) is 30.2 Å². The Balaban J connectivity index is 1.94. The number of hydrogen-bond acceptors (Lipinski definition) is 9. The van der Waals surface area contributed by atoms with Gasteiger partial charge in [-0.1, -0.05) is 11.6 Å². The van der Waals surface area contributed by atoms with Crippen molar-refractivity contribution in [1.82, 2.24) is 14.9 Å². The number of hydrogen-bond donors (Lipinski definition) is 4. The van der Waals surface area contributed by atoms with Gasteiger partial charge in [0, 0.05) is 19.3 Å². The Morgan fingerprint density at radius 1 is 1.18 bits per heavy atom. The molecule has 0 atom stereocenters. The molecule has 0 aliphatic rings. The van der Waals surface area contributed by atoms with Gasteiger partial charge in [0.1, 0.15) is 21.3 Å². The number of primary sulfonamides is 1. The first-order valence-corrected chi connectivity index (χ1v) is 14.0. The Bertz CT molecular complexity index is 1210. The van der Waals surface area contributed by atoms with Crippen molar-refractivity contribution >= 4 is 55.1 Å². The van der Waals surface area contributed by atoms with Gasteiger partial charge in [0.2, 0.25) is 16.0 Å². The van der Waals surface area contributed by atoms with E-state index in [1.165, 1.54) is 7.05 Å². The number of sulfonamides is 2. The third kappa shape index (κ3) is 8.08. The van der Waals surface area contributed by atoms with Crippen molar-refractivity contribution in [3.8, 4) is 0 Å². The zero-order valence-corrected chi connectivity index (χ0v) is 21.5. The van der Waals surface area contributed by atoms with Crippen LogP contribution in [0.5, 0.6) is 0 Å². The third-order valence-electron chi connectivity index (χ3n) is 4.09. The van der Waals surface area contributed by atoms with E-state index in [0.29, 0.717) is 18.1 Å². The van der Waals surface area contributed by atoms with E-state index in [2.05, 4.69) is 15.0 Å². The number of furan rings is 1. The first-order chi connectivity index (χ1) is 15.3. The van der Waals surface area contributed by atoms with Gasteiger partial charge in [-0.25, -0.2) is 26.7 Å². The number of benzene rings is 1. The largest absolute Gasteiger partial charge is 0.464 e. The lowest BCUT2D eigenvalue weighted by Crippen LogP contribution is -2.41. The molecule has 0 amide bonds. The van der Waals surface area contributed by atoms with Crippen LogP contribution in [0.2, 0.25) is 5.02 Å². The van der Waals surface area contributed by atoms with Crippen LogP contribution < -0.4 is 20.9 Å². The summed E-state index contributed by atoms with van der Waals surface area (Å²) >= 11 is 7.58. The molecule has 0 fully saturated rings. The molecule has 1 aromatic carbocycles. The minimum Gasteiger partial charge on any atom is -0.464 e. The quantitative estimate of drug-likeness (QED) is 0.149. The Morgan fingerprint density at radius 3 is 2.45 bits per heavy atom. The Kier molecular flexibility index (Phi) is 9.46. The molecular weight excluding hydrogens is 512 g/mol. The number of nitrogens with zero attached hydrogens (tertiary/aromatic N) is 2. The van der Waals surface area contributed by atoms with Gasteiger partial charge >= 0.3 is 0 Å². The molecule has 0 unspecified atom stereocenters.